The number of nitrogens with zero attached hydrogens (tertiary/aromatic N) is 1. The second-order valence-electron chi connectivity index (χ2n) is 2.93. The fraction of sp³-hybridized carbons (Fsp3) is 0.222. The molecule has 0 saturated carbocycles. The summed E-state index contributed by atoms with van der Waals surface area (Å²) in [5.41, 5.74) is 6.65. The van der Waals surface area contributed by atoms with E-state index in [1.165, 1.54) is 0 Å². The molecule has 1 aliphatic heterocycles. The molecule has 0 unspecified atom stereocenters. The van der Waals surface area contributed by atoms with Crippen LogP contribution in [0.25, 0.3) is 0 Å². The van der Waals surface area contributed by atoms with Crippen molar-refractivity contribution in [2.75, 3.05) is 18.8 Å². The SMILES string of the molecule is Nc1ccc(C(=O)ON2CC2)cc1. The zero-order valence-corrected chi connectivity index (χ0v) is 7.06. The maximum absolute atomic E-state index is 11.3. The average molecular weight is 178 g/mol. The van der Waals surface area contributed by atoms with Crippen LogP contribution in [0.5, 0.6) is 0 Å². The molecule has 0 aliphatic carbocycles. The summed E-state index contributed by atoms with van der Waals surface area (Å²) in [5.74, 6) is -0.322. The van der Waals surface area contributed by atoms with Gasteiger partial charge < -0.3 is 10.6 Å². The summed E-state index contributed by atoms with van der Waals surface area (Å²) in [4.78, 5) is 16.2. The van der Waals surface area contributed by atoms with Crippen molar-refractivity contribution in [1.82, 2.24) is 5.06 Å². The number of carbonyl (C=O) groups is 1. The van der Waals surface area contributed by atoms with E-state index < -0.39 is 0 Å². The Kier molecular flexibility index (Phi) is 1.90. The topological polar surface area (TPSA) is 55.3 Å². The van der Waals surface area contributed by atoms with E-state index in [4.69, 9.17) is 10.6 Å². The Hall–Kier alpha value is -1.55. The van der Waals surface area contributed by atoms with Crippen LogP contribution < -0.4 is 5.73 Å². The Morgan fingerprint density at radius 1 is 1.31 bits per heavy atom. The molecule has 0 bridgehead atoms. The van der Waals surface area contributed by atoms with Crippen molar-refractivity contribution in [2.24, 2.45) is 0 Å². The largest absolute Gasteiger partial charge is 0.399 e. The zero-order valence-electron chi connectivity index (χ0n) is 7.06. The molecule has 1 aromatic rings. The molecule has 0 radical (unpaired) electrons. The number of hydrogen-bond donors (Lipinski definition) is 1. The molecule has 1 aliphatic rings. The molecule has 0 aromatic heterocycles. The first kappa shape index (κ1) is 8.07. The number of nitrogens with two attached hydrogens (primary N) is 1. The number of hydrogen-bond acceptors (Lipinski definition) is 4. The molecule has 4 nitrogen and oxygen atoms in total. The van der Waals surface area contributed by atoms with Crippen molar-refractivity contribution in [1.29, 1.82) is 0 Å². The first-order chi connectivity index (χ1) is 6.25. The number of anilines is 1. The second kappa shape index (κ2) is 3.06. The number of hydroxylamine groups is 2. The van der Waals surface area contributed by atoms with Gasteiger partial charge in [0.25, 0.3) is 0 Å². The summed E-state index contributed by atoms with van der Waals surface area (Å²) in [6.45, 7) is 1.67. The van der Waals surface area contributed by atoms with Gasteiger partial charge in [-0.05, 0) is 24.3 Å². The molecule has 1 aromatic carbocycles. The normalized spacial score (nSPS) is 15.4. The number of carbonyl (C=O) groups excluding carboxylic acids is 1. The van der Waals surface area contributed by atoms with Gasteiger partial charge in [0.2, 0.25) is 0 Å². The average Bonchev–Trinajstić information content (AvgIpc) is 2.89. The van der Waals surface area contributed by atoms with Crippen LogP contribution in [0.3, 0.4) is 0 Å². The van der Waals surface area contributed by atoms with E-state index >= 15 is 0 Å². The maximum atomic E-state index is 11.3. The summed E-state index contributed by atoms with van der Waals surface area (Å²) in [7, 11) is 0. The predicted octanol–water partition coefficient (Wildman–Crippen LogP) is 0.656. The smallest absolute Gasteiger partial charge is 0.357 e. The van der Waals surface area contributed by atoms with Gasteiger partial charge in [-0.2, -0.15) is 0 Å². The molecular formula is C9H10N2O2. The van der Waals surface area contributed by atoms with Crippen LogP contribution in [-0.2, 0) is 4.84 Å². The summed E-state index contributed by atoms with van der Waals surface area (Å²) in [6.07, 6.45) is 0. The third-order valence-electron chi connectivity index (χ3n) is 1.76. The molecular weight excluding hydrogens is 168 g/mol. The van der Waals surface area contributed by atoms with Crippen LogP contribution >= 0.6 is 0 Å². The number of nitrogen functional groups attached to an aromatic ring is 1. The molecule has 0 amide bonds. The van der Waals surface area contributed by atoms with E-state index in [1.807, 2.05) is 0 Å². The molecule has 1 saturated heterocycles. The molecule has 4 heteroatoms. The molecule has 68 valence electrons. The van der Waals surface area contributed by atoms with Crippen molar-refractivity contribution in [3.8, 4) is 0 Å². The second-order valence-corrected chi connectivity index (χ2v) is 2.93. The standard InChI is InChI=1S/C9H10N2O2/c10-8-3-1-7(2-4-8)9(12)13-11-5-6-11/h1-4H,5-6,10H2. The molecule has 1 fully saturated rings. The van der Waals surface area contributed by atoms with Crippen LogP contribution in [0.1, 0.15) is 10.4 Å². The van der Waals surface area contributed by atoms with Gasteiger partial charge in [0, 0.05) is 5.69 Å². The van der Waals surface area contributed by atoms with Crippen molar-refractivity contribution >= 4 is 11.7 Å². The molecule has 2 N–H and O–H groups in total. The van der Waals surface area contributed by atoms with Crippen molar-refractivity contribution in [3.05, 3.63) is 29.8 Å². The van der Waals surface area contributed by atoms with E-state index in [9.17, 15) is 4.79 Å². The molecule has 1 heterocycles. The Morgan fingerprint density at radius 2 is 1.92 bits per heavy atom. The molecule has 0 spiro atoms. The van der Waals surface area contributed by atoms with Gasteiger partial charge in [-0.25, -0.2) is 4.79 Å². The fourth-order valence-corrected chi connectivity index (χ4v) is 0.921. The van der Waals surface area contributed by atoms with Crippen molar-refractivity contribution in [2.45, 2.75) is 0 Å². The minimum atomic E-state index is -0.322. The van der Waals surface area contributed by atoms with Gasteiger partial charge in [0.1, 0.15) is 0 Å². The highest BCUT2D eigenvalue weighted by Crippen LogP contribution is 2.11. The number of rotatable bonds is 2. The highest BCUT2D eigenvalue weighted by molar-refractivity contribution is 5.89. The lowest BCUT2D eigenvalue weighted by molar-refractivity contribution is -0.0282. The van der Waals surface area contributed by atoms with Crippen LogP contribution in [0.2, 0.25) is 0 Å². The molecule has 0 atom stereocenters. The minimum Gasteiger partial charge on any atom is -0.399 e. The third-order valence-corrected chi connectivity index (χ3v) is 1.76. The predicted molar refractivity (Wildman–Crippen MR) is 47.8 cm³/mol. The quantitative estimate of drug-likeness (QED) is 0.533. The van der Waals surface area contributed by atoms with Gasteiger partial charge >= 0.3 is 5.97 Å². The first-order valence-corrected chi connectivity index (χ1v) is 4.08. The Morgan fingerprint density at radius 3 is 2.46 bits per heavy atom. The Bertz CT molecular complexity index is 317. The van der Waals surface area contributed by atoms with E-state index in [0.29, 0.717) is 11.3 Å². The Balaban J connectivity index is 2.05. The van der Waals surface area contributed by atoms with Gasteiger partial charge in [-0.1, -0.05) is 0 Å². The van der Waals surface area contributed by atoms with Crippen LogP contribution in [0, 0.1) is 0 Å². The highest BCUT2D eigenvalue weighted by atomic mass is 16.7. The minimum absolute atomic E-state index is 0.322. The summed E-state index contributed by atoms with van der Waals surface area (Å²) in [5, 5.41) is 1.60. The van der Waals surface area contributed by atoms with Gasteiger partial charge in [0.15, 0.2) is 0 Å². The van der Waals surface area contributed by atoms with E-state index in [0.717, 1.165) is 13.1 Å². The summed E-state index contributed by atoms with van der Waals surface area (Å²) in [6, 6.07) is 6.67. The zero-order chi connectivity index (χ0) is 9.26. The molecule has 2 rings (SSSR count). The first-order valence-electron chi connectivity index (χ1n) is 4.08. The lowest BCUT2D eigenvalue weighted by Gasteiger charge is -2.02. The van der Waals surface area contributed by atoms with Gasteiger partial charge in [-0.15, -0.1) is 5.06 Å². The van der Waals surface area contributed by atoms with Gasteiger partial charge in [-0.3, -0.25) is 0 Å². The third kappa shape index (κ3) is 1.97. The van der Waals surface area contributed by atoms with Crippen molar-refractivity contribution < 1.29 is 9.63 Å². The monoisotopic (exact) mass is 178 g/mol. The van der Waals surface area contributed by atoms with E-state index in [-0.39, 0.29) is 5.97 Å². The van der Waals surface area contributed by atoms with Crippen LogP contribution in [0.4, 0.5) is 5.69 Å². The lowest BCUT2D eigenvalue weighted by atomic mass is 10.2. The highest BCUT2D eigenvalue weighted by Gasteiger charge is 2.23. The summed E-state index contributed by atoms with van der Waals surface area (Å²) >= 11 is 0. The fourth-order valence-electron chi connectivity index (χ4n) is 0.921. The summed E-state index contributed by atoms with van der Waals surface area (Å²) < 4.78 is 0. The maximum Gasteiger partial charge on any atom is 0.357 e. The number of benzene rings is 1. The van der Waals surface area contributed by atoms with Gasteiger partial charge in [0.05, 0.1) is 18.7 Å². The van der Waals surface area contributed by atoms with Crippen molar-refractivity contribution in [3.63, 3.8) is 0 Å². The lowest BCUT2D eigenvalue weighted by Crippen LogP contribution is -2.09. The van der Waals surface area contributed by atoms with E-state index in [2.05, 4.69) is 0 Å². The van der Waals surface area contributed by atoms with Crippen LogP contribution in [-0.4, -0.2) is 24.1 Å². The molecule has 13 heavy (non-hydrogen) atoms. The Labute approximate surface area is 75.8 Å². The van der Waals surface area contributed by atoms with E-state index in [1.54, 1.807) is 29.3 Å². The van der Waals surface area contributed by atoms with Crippen LogP contribution in [0.15, 0.2) is 24.3 Å².